The Hall–Kier alpha value is -0.570. The fourth-order valence-corrected chi connectivity index (χ4v) is 1.93. The van der Waals surface area contributed by atoms with Gasteiger partial charge in [0.05, 0.1) is 11.5 Å². The first-order chi connectivity index (χ1) is 5.46. The lowest BCUT2D eigenvalue weighted by molar-refractivity contribution is -0.150. The molecule has 1 aliphatic rings. The zero-order valence-corrected chi connectivity index (χ0v) is 7.58. The number of carbonyl (C=O) groups is 1. The number of hydrogen-bond acceptors (Lipinski definition) is 2. The summed E-state index contributed by atoms with van der Waals surface area (Å²) in [6.45, 7) is 3.63. The molecule has 0 bridgehead atoms. The Balaban J connectivity index is 2.66. The molecule has 70 valence electrons. The van der Waals surface area contributed by atoms with Crippen molar-refractivity contribution in [1.82, 2.24) is 0 Å². The summed E-state index contributed by atoms with van der Waals surface area (Å²) in [4.78, 5) is 10.6. The minimum Gasteiger partial charge on any atom is -0.481 e. The highest BCUT2D eigenvalue weighted by Crippen LogP contribution is 2.39. The van der Waals surface area contributed by atoms with Crippen molar-refractivity contribution >= 4 is 5.97 Å². The van der Waals surface area contributed by atoms with Gasteiger partial charge in [0.1, 0.15) is 0 Å². The minimum atomic E-state index is -0.953. The molecule has 1 saturated carbocycles. The number of aliphatic hydroxyl groups is 1. The molecule has 0 saturated heterocycles. The minimum absolute atomic E-state index is 0.455. The SMILES string of the molecule is CC1CCC(O)(C(C)C(=O)O)C1. The Bertz CT molecular complexity index is 190. The molecule has 3 unspecified atom stereocenters. The second-order valence-electron chi connectivity index (χ2n) is 4.01. The van der Waals surface area contributed by atoms with Gasteiger partial charge in [-0.05, 0) is 32.1 Å². The van der Waals surface area contributed by atoms with Crippen molar-refractivity contribution in [3.63, 3.8) is 0 Å². The first-order valence-corrected chi connectivity index (χ1v) is 4.41. The molecular weight excluding hydrogens is 156 g/mol. The van der Waals surface area contributed by atoms with Crippen molar-refractivity contribution in [1.29, 1.82) is 0 Å². The summed E-state index contributed by atoms with van der Waals surface area (Å²) in [6, 6.07) is 0. The van der Waals surface area contributed by atoms with Crippen molar-refractivity contribution < 1.29 is 15.0 Å². The molecule has 0 aromatic rings. The van der Waals surface area contributed by atoms with Crippen LogP contribution >= 0.6 is 0 Å². The van der Waals surface area contributed by atoms with Crippen LogP contribution in [0.2, 0.25) is 0 Å². The highest BCUT2D eigenvalue weighted by atomic mass is 16.4. The fraction of sp³-hybridized carbons (Fsp3) is 0.889. The van der Waals surface area contributed by atoms with E-state index in [0.717, 1.165) is 6.42 Å². The number of carboxylic acid groups (broad SMARTS) is 1. The summed E-state index contributed by atoms with van der Waals surface area (Å²) >= 11 is 0. The summed E-state index contributed by atoms with van der Waals surface area (Å²) in [5.74, 6) is -1.08. The van der Waals surface area contributed by atoms with Crippen LogP contribution in [-0.4, -0.2) is 21.8 Å². The molecule has 1 aliphatic carbocycles. The average Bonchev–Trinajstić information content (AvgIpc) is 2.31. The molecule has 0 aromatic heterocycles. The van der Waals surface area contributed by atoms with Crippen LogP contribution in [0.5, 0.6) is 0 Å². The highest BCUT2D eigenvalue weighted by Gasteiger charge is 2.43. The third-order valence-electron chi connectivity index (χ3n) is 2.95. The third kappa shape index (κ3) is 1.61. The van der Waals surface area contributed by atoms with E-state index in [1.54, 1.807) is 6.92 Å². The Labute approximate surface area is 72.4 Å². The molecule has 2 N–H and O–H groups in total. The van der Waals surface area contributed by atoms with Gasteiger partial charge in [-0.3, -0.25) is 4.79 Å². The van der Waals surface area contributed by atoms with E-state index in [9.17, 15) is 9.90 Å². The Kier molecular flexibility index (Phi) is 2.42. The van der Waals surface area contributed by atoms with Crippen LogP contribution in [0.1, 0.15) is 33.1 Å². The summed E-state index contributed by atoms with van der Waals surface area (Å²) in [5.41, 5.74) is -0.953. The van der Waals surface area contributed by atoms with Gasteiger partial charge in [0.2, 0.25) is 0 Å². The molecule has 1 rings (SSSR count). The maximum atomic E-state index is 10.6. The molecule has 0 heterocycles. The van der Waals surface area contributed by atoms with Crippen molar-refractivity contribution in [2.75, 3.05) is 0 Å². The fourth-order valence-electron chi connectivity index (χ4n) is 1.93. The summed E-state index contributed by atoms with van der Waals surface area (Å²) < 4.78 is 0. The van der Waals surface area contributed by atoms with E-state index in [0.29, 0.717) is 18.8 Å². The molecule has 1 fully saturated rings. The number of hydrogen-bond donors (Lipinski definition) is 2. The Morgan fingerprint density at radius 1 is 1.67 bits per heavy atom. The normalized spacial score (nSPS) is 38.1. The van der Waals surface area contributed by atoms with Crippen molar-refractivity contribution in [3.05, 3.63) is 0 Å². The number of carboxylic acids is 1. The monoisotopic (exact) mass is 172 g/mol. The number of rotatable bonds is 2. The van der Waals surface area contributed by atoms with Crippen LogP contribution in [0.25, 0.3) is 0 Å². The van der Waals surface area contributed by atoms with E-state index >= 15 is 0 Å². The zero-order valence-electron chi connectivity index (χ0n) is 7.58. The number of aliphatic carboxylic acids is 1. The maximum absolute atomic E-state index is 10.6. The predicted molar refractivity (Wildman–Crippen MR) is 44.8 cm³/mol. The molecule has 3 atom stereocenters. The lowest BCUT2D eigenvalue weighted by Crippen LogP contribution is -2.38. The van der Waals surface area contributed by atoms with Crippen LogP contribution in [0.15, 0.2) is 0 Å². The Morgan fingerprint density at radius 2 is 2.25 bits per heavy atom. The first kappa shape index (κ1) is 9.52. The van der Waals surface area contributed by atoms with Crippen LogP contribution in [0.4, 0.5) is 0 Å². The molecule has 0 aromatic carbocycles. The second-order valence-corrected chi connectivity index (χ2v) is 4.01. The molecular formula is C9H16O3. The lowest BCUT2D eigenvalue weighted by atomic mass is 9.87. The molecule has 0 amide bonds. The molecule has 0 aliphatic heterocycles. The van der Waals surface area contributed by atoms with Gasteiger partial charge < -0.3 is 10.2 Å². The molecule has 3 heteroatoms. The van der Waals surface area contributed by atoms with Crippen molar-refractivity contribution in [3.8, 4) is 0 Å². The van der Waals surface area contributed by atoms with Gasteiger partial charge in [-0.1, -0.05) is 6.92 Å². The highest BCUT2D eigenvalue weighted by molar-refractivity contribution is 5.71. The summed E-state index contributed by atoms with van der Waals surface area (Å²) in [5, 5.41) is 18.7. The van der Waals surface area contributed by atoms with Crippen LogP contribution < -0.4 is 0 Å². The van der Waals surface area contributed by atoms with Gasteiger partial charge in [0.15, 0.2) is 0 Å². The van der Waals surface area contributed by atoms with Crippen LogP contribution in [0.3, 0.4) is 0 Å². The first-order valence-electron chi connectivity index (χ1n) is 4.41. The largest absolute Gasteiger partial charge is 0.481 e. The van der Waals surface area contributed by atoms with Gasteiger partial charge in [0.25, 0.3) is 0 Å². The van der Waals surface area contributed by atoms with Crippen molar-refractivity contribution in [2.24, 2.45) is 11.8 Å². The predicted octanol–water partition coefficient (Wildman–Crippen LogP) is 1.26. The van der Waals surface area contributed by atoms with Gasteiger partial charge in [-0.15, -0.1) is 0 Å². The van der Waals surface area contributed by atoms with E-state index < -0.39 is 17.5 Å². The third-order valence-corrected chi connectivity index (χ3v) is 2.95. The van der Waals surface area contributed by atoms with E-state index in [1.165, 1.54) is 0 Å². The average molecular weight is 172 g/mol. The topological polar surface area (TPSA) is 57.5 Å². The summed E-state index contributed by atoms with van der Waals surface area (Å²) in [7, 11) is 0. The lowest BCUT2D eigenvalue weighted by Gasteiger charge is -2.26. The molecule has 12 heavy (non-hydrogen) atoms. The summed E-state index contributed by atoms with van der Waals surface area (Å²) in [6.07, 6.45) is 2.19. The molecule has 3 nitrogen and oxygen atoms in total. The van der Waals surface area contributed by atoms with Gasteiger partial charge >= 0.3 is 5.97 Å². The zero-order chi connectivity index (χ0) is 9.35. The van der Waals surface area contributed by atoms with E-state index in [4.69, 9.17) is 5.11 Å². The van der Waals surface area contributed by atoms with Crippen LogP contribution in [-0.2, 0) is 4.79 Å². The van der Waals surface area contributed by atoms with Gasteiger partial charge in [0, 0.05) is 0 Å². The maximum Gasteiger partial charge on any atom is 0.309 e. The van der Waals surface area contributed by atoms with Gasteiger partial charge in [-0.2, -0.15) is 0 Å². The van der Waals surface area contributed by atoms with Crippen molar-refractivity contribution in [2.45, 2.75) is 38.7 Å². The van der Waals surface area contributed by atoms with E-state index in [1.807, 2.05) is 6.92 Å². The Morgan fingerprint density at radius 3 is 2.58 bits per heavy atom. The second kappa shape index (κ2) is 3.05. The van der Waals surface area contributed by atoms with E-state index in [-0.39, 0.29) is 0 Å². The standard InChI is InChI=1S/C9H16O3/c1-6-3-4-9(12,5-6)7(2)8(10)11/h6-7,12H,3-5H2,1-2H3,(H,10,11). The smallest absolute Gasteiger partial charge is 0.309 e. The molecule has 0 spiro atoms. The quantitative estimate of drug-likeness (QED) is 0.659. The van der Waals surface area contributed by atoms with Crippen LogP contribution in [0, 0.1) is 11.8 Å². The van der Waals surface area contributed by atoms with Gasteiger partial charge in [-0.25, -0.2) is 0 Å². The molecule has 0 radical (unpaired) electrons. The van der Waals surface area contributed by atoms with E-state index in [2.05, 4.69) is 0 Å².